The maximum atomic E-state index is 5.97. The quantitative estimate of drug-likeness (QED) is 0.597. The molecule has 0 rings (SSSR count). The smallest absolute Gasteiger partial charge is 0.0301 e. The van der Waals surface area contributed by atoms with Crippen LogP contribution in [0.15, 0.2) is 0 Å². The summed E-state index contributed by atoms with van der Waals surface area (Å²) in [5.74, 6) is 0. The highest BCUT2D eigenvalue weighted by Crippen LogP contribution is 2.20. The average Bonchev–Trinajstić information content (AvgIpc) is 2.31. The van der Waals surface area contributed by atoms with E-state index in [1.807, 2.05) is 0 Å². The molecular formula is C14H33N3. The summed E-state index contributed by atoms with van der Waals surface area (Å²) >= 11 is 0. The molecule has 2 N–H and O–H groups in total. The van der Waals surface area contributed by atoms with Crippen molar-refractivity contribution in [3.8, 4) is 0 Å². The van der Waals surface area contributed by atoms with Crippen LogP contribution in [0.5, 0.6) is 0 Å². The molecule has 1 atom stereocenters. The van der Waals surface area contributed by atoms with E-state index >= 15 is 0 Å². The van der Waals surface area contributed by atoms with Gasteiger partial charge in [-0.05, 0) is 34.5 Å². The molecule has 0 heterocycles. The van der Waals surface area contributed by atoms with Crippen LogP contribution in [0.4, 0.5) is 0 Å². The Bertz CT molecular complexity index is 182. The van der Waals surface area contributed by atoms with E-state index in [4.69, 9.17) is 5.73 Å². The molecule has 0 aromatic carbocycles. The lowest BCUT2D eigenvalue weighted by Crippen LogP contribution is -2.51. The molecule has 3 heteroatoms. The normalized spacial score (nSPS) is 15.5. The largest absolute Gasteiger partial charge is 0.329 e. The van der Waals surface area contributed by atoms with Crippen LogP contribution in [-0.2, 0) is 0 Å². The minimum absolute atomic E-state index is 0.170. The Kier molecular flexibility index (Phi) is 8.83. The van der Waals surface area contributed by atoms with Gasteiger partial charge < -0.3 is 10.6 Å². The van der Waals surface area contributed by atoms with E-state index in [-0.39, 0.29) is 5.54 Å². The van der Waals surface area contributed by atoms with Crippen molar-refractivity contribution in [3.63, 3.8) is 0 Å². The summed E-state index contributed by atoms with van der Waals surface area (Å²) in [4.78, 5) is 4.66. The lowest BCUT2D eigenvalue weighted by Gasteiger charge is -2.39. The van der Waals surface area contributed by atoms with Crippen molar-refractivity contribution >= 4 is 0 Å². The second kappa shape index (κ2) is 8.90. The first-order valence-corrected chi connectivity index (χ1v) is 7.02. The first-order chi connectivity index (χ1) is 7.96. The predicted molar refractivity (Wildman–Crippen MR) is 77.4 cm³/mol. The lowest BCUT2D eigenvalue weighted by atomic mass is 9.92. The monoisotopic (exact) mass is 243 g/mol. The van der Waals surface area contributed by atoms with E-state index in [1.165, 1.54) is 32.1 Å². The lowest BCUT2D eigenvalue weighted by molar-refractivity contribution is 0.120. The molecule has 3 nitrogen and oxygen atoms in total. The molecule has 0 saturated heterocycles. The van der Waals surface area contributed by atoms with Gasteiger partial charge in [0.25, 0.3) is 0 Å². The third-order valence-electron chi connectivity index (χ3n) is 3.81. The van der Waals surface area contributed by atoms with E-state index in [0.717, 1.165) is 19.6 Å². The number of nitrogens with two attached hydrogens (primary N) is 1. The SMILES string of the molecule is CCCCCCC(C)(CN)N(C)CCN(C)C. The maximum absolute atomic E-state index is 5.97. The first kappa shape index (κ1) is 16.9. The third-order valence-corrected chi connectivity index (χ3v) is 3.81. The van der Waals surface area contributed by atoms with E-state index in [1.54, 1.807) is 0 Å². The highest BCUT2D eigenvalue weighted by molar-refractivity contribution is 4.85. The van der Waals surface area contributed by atoms with Crippen molar-refractivity contribution in [3.05, 3.63) is 0 Å². The third kappa shape index (κ3) is 7.02. The predicted octanol–water partition coefficient (Wildman–Crippen LogP) is 2.17. The van der Waals surface area contributed by atoms with Gasteiger partial charge in [0, 0.05) is 25.2 Å². The zero-order chi connectivity index (χ0) is 13.3. The Hall–Kier alpha value is -0.120. The van der Waals surface area contributed by atoms with Crippen LogP contribution in [0.25, 0.3) is 0 Å². The second-order valence-electron chi connectivity index (χ2n) is 5.74. The molecule has 104 valence electrons. The summed E-state index contributed by atoms with van der Waals surface area (Å²) < 4.78 is 0. The van der Waals surface area contributed by atoms with Gasteiger partial charge >= 0.3 is 0 Å². The molecule has 0 spiro atoms. The van der Waals surface area contributed by atoms with Crippen molar-refractivity contribution in [2.45, 2.75) is 51.5 Å². The van der Waals surface area contributed by atoms with Crippen molar-refractivity contribution in [2.75, 3.05) is 40.8 Å². The number of rotatable bonds is 10. The molecule has 0 fully saturated rings. The van der Waals surface area contributed by atoms with Gasteiger partial charge in [-0.1, -0.05) is 32.6 Å². The number of unbranched alkanes of at least 4 members (excludes halogenated alkanes) is 3. The summed E-state index contributed by atoms with van der Waals surface area (Å²) in [6, 6.07) is 0. The van der Waals surface area contributed by atoms with Crippen molar-refractivity contribution < 1.29 is 0 Å². The van der Waals surface area contributed by atoms with Gasteiger partial charge in [0.2, 0.25) is 0 Å². The summed E-state index contributed by atoms with van der Waals surface area (Å²) in [6.07, 6.45) is 6.51. The van der Waals surface area contributed by atoms with Crippen LogP contribution in [0, 0.1) is 0 Å². The summed E-state index contributed by atoms with van der Waals surface area (Å²) in [7, 11) is 6.44. The zero-order valence-corrected chi connectivity index (χ0v) is 12.6. The highest BCUT2D eigenvalue weighted by Gasteiger charge is 2.26. The Morgan fingerprint density at radius 1 is 1.00 bits per heavy atom. The maximum Gasteiger partial charge on any atom is 0.0301 e. The Morgan fingerprint density at radius 2 is 1.65 bits per heavy atom. The Morgan fingerprint density at radius 3 is 2.12 bits per heavy atom. The van der Waals surface area contributed by atoms with E-state index in [2.05, 4.69) is 44.8 Å². The van der Waals surface area contributed by atoms with Crippen LogP contribution in [0.2, 0.25) is 0 Å². The molecule has 0 aliphatic rings. The van der Waals surface area contributed by atoms with E-state index in [0.29, 0.717) is 0 Å². The molecule has 0 radical (unpaired) electrons. The summed E-state index contributed by atoms with van der Waals surface area (Å²) in [5.41, 5.74) is 6.14. The first-order valence-electron chi connectivity index (χ1n) is 7.02. The molecule has 1 unspecified atom stereocenters. The molecule has 0 aliphatic heterocycles. The van der Waals surface area contributed by atoms with Crippen molar-refractivity contribution in [2.24, 2.45) is 5.73 Å². The number of likely N-dealkylation sites (N-methyl/N-ethyl adjacent to an activating group) is 2. The molecule has 0 aromatic rings. The molecule has 17 heavy (non-hydrogen) atoms. The summed E-state index contributed by atoms with van der Waals surface area (Å²) in [6.45, 7) is 7.50. The molecule has 0 bridgehead atoms. The van der Waals surface area contributed by atoms with Crippen molar-refractivity contribution in [1.29, 1.82) is 0 Å². The molecule has 0 saturated carbocycles. The fourth-order valence-corrected chi connectivity index (χ4v) is 2.00. The minimum Gasteiger partial charge on any atom is -0.329 e. The fourth-order valence-electron chi connectivity index (χ4n) is 2.00. The zero-order valence-electron chi connectivity index (χ0n) is 12.6. The number of hydrogen-bond donors (Lipinski definition) is 1. The van der Waals surface area contributed by atoms with Crippen molar-refractivity contribution in [1.82, 2.24) is 9.80 Å². The fraction of sp³-hybridized carbons (Fsp3) is 1.00. The second-order valence-corrected chi connectivity index (χ2v) is 5.74. The standard InChI is InChI=1S/C14H33N3/c1-6-7-8-9-10-14(2,13-15)17(5)12-11-16(3)4/h6-13,15H2,1-5H3. The highest BCUT2D eigenvalue weighted by atomic mass is 15.2. The van der Waals surface area contributed by atoms with E-state index < -0.39 is 0 Å². The van der Waals surface area contributed by atoms with E-state index in [9.17, 15) is 0 Å². The molecule has 0 aromatic heterocycles. The van der Waals surface area contributed by atoms with Gasteiger partial charge in [-0.3, -0.25) is 4.90 Å². The van der Waals surface area contributed by atoms with Gasteiger partial charge in [-0.15, -0.1) is 0 Å². The van der Waals surface area contributed by atoms with Gasteiger partial charge in [0.05, 0.1) is 0 Å². The topological polar surface area (TPSA) is 32.5 Å². The molecule has 0 aliphatic carbocycles. The minimum atomic E-state index is 0.170. The van der Waals surface area contributed by atoms with Gasteiger partial charge in [-0.25, -0.2) is 0 Å². The Balaban J connectivity index is 4.04. The van der Waals surface area contributed by atoms with Gasteiger partial charge in [0.15, 0.2) is 0 Å². The van der Waals surface area contributed by atoms with Crippen LogP contribution >= 0.6 is 0 Å². The van der Waals surface area contributed by atoms with Crippen LogP contribution in [0.1, 0.15) is 46.0 Å². The van der Waals surface area contributed by atoms with Crippen LogP contribution < -0.4 is 5.73 Å². The average molecular weight is 243 g/mol. The van der Waals surface area contributed by atoms with Crippen LogP contribution in [0.3, 0.4) is 0 Å². The number of hydrogen-bond acceptors (Lipinski definition) is 3. The Labute approximate surface area is 108 Å². The number of nitrogens with zero attached hydrogens (tertiary/aromatic N) is 2. The van der Waals surface area contributed by atoms with Crippen LogP contribution in [-0.4, -0.2) is 56.1 Å². The molecule has 0 amide bonds. The summed E-state index contributed by atoms with van der Waals surface area (Å²) in [5, 5.41) is 0. The molecular weight excluding hydrogens is 210 g/mol. The van der Waals surface area contributed by atoms with Gasteiger partial charge in [0.1, 0.15) is 0 Å². The van der Waals surface area contributed by atoms with Gasteiger partial charge in [-0.2, -0.15) is 0 Å².